The molecule has 2 atom stereocenters. The van der Waals surface area contributed by atoms with E-state index in [1.165, 1.54) is 6.42 Å². The highest BCUT2D eigenvalue weighted by Gasteiger charge is 2.16. The molecule has 1 N–H and O–H groups in total. The van der Waals surface area contributed by atoms with Gasteiger partial charge in [0.25, 0.3) is 0 Å². The maximum atomic E-state index is 3.71. The normalized spacial score (nSPS) is 30.7. The largest absolute Gasteiger partial charge is 0.310 e. The van der Waals surface area contributed by atoms with Crippen LogP contribution in [0.4, 0.5) is 0 Å². The molecule has 2 unspecified atom stereocenters. The van der Waals surface area contributed by atoms with E-state index in [0.717, 1.165) is 12.5 Å². The minimum absolute atomic E-state index is 0.588. The molecule has 0 spiro atoms. The topological polar surface area (TPSA) is 12.0 Å². The van der Waals surface area contributed by atoms with Gasteiger partial charge in [0.2, 0.25) is 0 Å². The lowest BCUT2D eigenvalue weighted by molar-refractivity contribution is 0.641. The molecule has 1 saturated heterocycles. The molecule has 0 bridgehead atoms. The third kappa shape index (κ3) is 3.02. The van der Waals surface area contributed by atoms with Crippen LogP contribution in [0.15, 0.2) is 12.7 Å². The molecule has 1 aliphatic heterocycles. The van der Waals surface area contributed by atoms with Crippen LogP contribution in [0.25, 0.3) is 0 Å². The fraction of sp³-hybridized carbons (Fsp3) is 0.778. The Bertz CT molecular complexity index is 88.7. The first-order valence-electron chi connectivity index (χ1n) is 4.19. The van der Waals surface area contributed by atoms with Crippen LogP contribution in [0.2, 0.25) is 0 Å². The minimum atomic E-state index is 0.588. The van der Waals surface area contributed by atoms with Gasteiger partial charge in [0.1, 0.15) is 0 Å². The molecule has 1 fully saturated rings. The Hall–Kier alpha value is -0.300. The smallest absolute Gasteiger partial charge is 0.0250 e. The highest BCUT2D eigenvalue weighted by molar-refractivity contribution is 4.91. The zero-order valence-electron chi connectivity index (χ0n) is 7.35. The fourth-order valence-electron chi connectivity index (χ4n) is 1.13. The molecule has 1 heteroatoms. The summed E-state index contributed by atoms with van der Waals surface area (Å²) in [6.07, 6.45) is 3.26. The van der Waals surface area contributed by atoms with E-state index in [2.05, 4.69) is 18.8 Å². The third-order valence-electron chi connectivity index (χ3n) is 1.67. The van der Waals surface area contributed by atoms with E-state index < -0.39 is 0 Å². The second-order valence-corrected chi connectivity index (χ2v) is 2.59. The van der Waals surface area contributed by atoms with Crippen LogP contribution in [0, 0.1) is 5.92 Å². The van der Waals surface area contributed by atoms with Gasteiger partial charge >= 0.3 is 0 Å². The molecule has 0 radical (unpaired) electrons. The van der Waals surface area contributed by atoms with Gasteiger partial charge in [-0.3, -0.25) is 0 Å². The summed E-state index contributed by atoms with van der Waals surface area (Å²) < 4.78 is 0. The number of hydrogen-bond acceptors (Lipinski definition) is 1. The summed E-state index contributed by atoms with van der Waals surface area (Å²) in [7, 11) is 0. The lowest BCUT2D eigenvalue weighted by Gasteiger charge is -1.98. The lowest BCUT2D eigenvalue weighted by atomic mass is 10.1. The van der Waals surface area contributed by atoms with Gasteiger partial charge in [-0.25, -0.2) is 0 Å². The van der Waals surface area contributed by atoms with Crippen molar-refractivity contribution in [2.24, 2.45) is 5.92 Å². The average Bonchev–Trinajstić information content (AvgIpc) is 2.40. The van der Waals surface area contributed by atoms with E-state index >= 15 is 0 Å². The molecule has 0 aliphatic carbocycles. The van der Waals surface area contributed by atoms with Crippen molar-refractivity contribution in [3.8, 4) is 0 Å². The molecule has 1 heterocycles. The highest BCUT2D eigenvalue weighted by Crippen LogP contribution is 2.12. The highest BCUT2D eigenvalue weighted by atomic mass is 14.9. The number of rotatable bonds is 1. The van der Waals surface area contributed by atoms with Gasteiger partial charge in [-0.15, -0.1) is 6.58 Å². The Morgan fingerprint density at radius 3 is 2.30 bits per heavy atom. The zero-order chi connectivity index (χ0) is 7.98. The summed E-state index contributed by atoms with van der Waals surface area (Å²) in [4.78, 5) is 0. The summed E-state index contributed by atoms with van der Waals surface area (Å²) in [6.45, 7) is 11.1. The molecular formula is C9H19N. The third-order valence-corrected chi connectivity index (χ3v) is 1.67. The van der Waals surface area contributed by atoms with Crippen LogP contribution >= 0.6 is 0 Å². The van der Waals surface area contributed by atoms with Crippen LogP contribution in [-0.2, 0) is 0 Å². The Morgan fingerprint density at radius 1 is 1.50 bits per heavy atom. The summed E-state index contributed by atoms with van der Waals surface area (Å²) >= 11 is 0. The average molecular weight is 141 g/mol. The van der Waals surface area contributed by atoms with Crippen molar-refractivity contribution in [2.45, 2.75) is 33.2 Å². The number of hydrogen-bond donors (Lipinski definition) is 1. The number of nitrogens with one attached hydrogen (secondary N) is 1. The van der Waals surface area contributed by atoms with Gasteiger partial charge in [-0.2, -0.15) is 0 Å². The van der Waals surface area contributed by atoms with Crippen LogP contribution in [0.1, 0.15) is 27.2 Å². The Morgan fingerprint density at radius 2 is 2.10 bits per heavy atom. The van der Waals surface area contributed by atoms with Crippen LogP contribution in [0.3, 0.4) is 0 Å². The predicted molar refractivity (Wildman–Crippen MR) is 47.1 cm³/mol. The second-order valence-electron chi connectivity index (χ2n) is 2.59. The maximum absolute atomic E-state index is 3.71. The van der Waals surface area contributed by atoms with E-state index in [1.54, 1.807) is 0 Å². The van der Waals surface area contributed by atoms with Gasteiger partial charge in [0, 0.05) is 6.04 Å². The minimum Gasteiger partial charge on any atom is -0.310 e. The van der Waals surface area contributed by atoms with E-state index in [1.807, 2.05) is 19.9 Å². The lowest BCUT2D eigenvalue weighted by Crippen LogP contribution is -2.17. The van der Waals surface area contributed by atoms with Crippen molar-refractivity contribution < 1.29 is 0 Å². The molecule has 0 aromatic heterocycles. The molecule has 60 valence electrons. The van der Waals surface area contributed by atoms with Gasteiger partial charge < -0.3 is 5.32 Å². The quantitative estimate of drug-likeness (QED) is 0.552. The first-order chi connectivity index (χ1) is 4.83. The predicted octanol–water partition coefficient (Wildman–Crippen LogP) is 2.20. The summed E-state index contributed by atoms with van der Waals surface area (Å²) in [5.74, 6) is 0.845. The zero-order valence-corrected chi connectivity index (χ0v) is 7.35. The van der Waals surface area contributed by atoms with Gasteiger partial charge in [0.05, 0.1) is 0 Å². The SMILES string of the molecule is C=CC1CC(C)CN1.CC. The van der Waals surface area contributed by atoms with Crippen LogP contribution in [0.5, 0.6) is 0 Å². The Kier molecular flexibility index (Phi) is 5.32. The second kappa shape index (κ2) is 5.48. The molecule has 0 amide bonds. The van der Waals surface area contributed by atoms with Crippen molar-refractivity contribution in [3.05, 3.63) is 12.7 Å². The van der Waals surface area contributed by atoms with E-state index in [-0.39, 0.29) is 0 Å². The van der Waals surface area contributed by atoms with Crippen molar-refractivity contribution in [1.29, 1.82) is 0 Å². The molecule has 1 aliphatic rings. The summed E-state index contributed by atoms with van der Waals surface area (Å²) in [5.41, 5.74) is 0. The molecular weight excluding hydrogens is 122 g/mol. The first kappa shape index (κ1) is 9.70. The fourth-order valence-corrected chi connectivity index (χ4v) is 1.13. The Balaban J connectivity index is 0.000000371. The van der Waals surface area contributed by atoms with Gasteiger partial charge in [-0.1, -0.05) is 26.8 Å². The molecule has 0 aromatic rings. The first-order valence-corrected chi connectivity index (χ1v) is 4.19. The van der Waals surface area contributed by atoms with E-state index in [4.69, 9.17) is 0 Å². The van der Waals surface area contributed by atoms with Crippen molar-refractivity contribution in [1.82, 2.24) is 5.32 Å². The van der Waals surface area contributed by atoms with Crippen molar-refractivity contribution in [3.63, 3.8) is 0 Å². The van der Waals surface area contributed by atoms with E-state index in [9.17, 15) is 0 Å². The summed E-state index contributed by atoms with van der Waals surface area (Å²) in [6, 6.07) is 0.588. The van der Waals surface area contributed by atoms with E-state index in [0.29, 0.717) is 6.04 Å². The van der Waals surface area contributed by atoms with Crippen molar-refractivity contribution >= 4 is 0 Å². The monoisotopic (exact) mass is 141 g/mol. The summed E-state index contributed by atoms with van der Waals surface area (Å²) in [5, 5.41) is 3.34. The van der Waals surface area contributed by atoms with Gasteiger partial charge in [0.15, 0.2) is 0 Å². The molecule has 0 aromatic carbocycles. The standard InChI is InChI=1S/C7H13N.C2H6/c1-3-7-4-6(2)5-8-7;1-2/h3,6-8H,1,4-5H2,2H3;1-2H3. The van der Waals surface area contributed by atoms with Gasteiger partial charge in [-0.05, 0) is 18.9 Å². The van der Waals surface area contributed by atoms with Crippen LogP contribution in [-0.4, -0.2) is 12.6 Å². The van der Waals surface area contributed by atoms with Crippen molar-refractivity contribution in [2.75, 3.05) is 6.54 Å². The molecule has 1 rings (SSSR count). The molecule has 1 nitrogen and oxygen atoms in total. The Labute approximate surface area is 64.5 Å². The molecule has 0 saturated carbocycles. The maximum Gasteiger partial charge on any atom is 0.0250 e. The van der Waals surface area contributed by atoms with Crippen LogP contribution < -0.4 is 5.32 Å². The molecule has 10 heavy (non-hydrogen) atoms.